The second-order valence-electron chi connectivity index (χ2n) is 5.00. The molecule has 4 nitrogen and oxygen atoms in total. The molecule has 1 aliphatic heterocycles. The van der Waals surface area contributed by atoms with Crippen LogP contribution in [0.15, 0.2) is 12.4 Å². The third kappa shape index (κ3) is 3.08. The van der Waals surface area contributed by atoms with E-state index in [1.165, 1.54) is 6.42 Å². The summed E-state index contributed by atoms with van der Waals surface area (Å²) >= 11 is 0. The molecule has 0 spiro atoms. The maximum atomic E-state index is 5.39. The Hall–Kier alpha value is -1.32. The molecule has 2 atom stereocenters. The highest BCUT2D eigenvalue weighted by molar-refractivity contribution is 5.38. The lowest BCUT2D eigenvalue weighted by atomic mass is 9.92. The van der Waals surface area contributed by atoms with Gasteiger partial charge in [-0.05, 0) is 25.2 Å². The molecule has 1 aliphatic rings. The Morgan fingerprint density at radius 1 is 1.29 bits per heavy atom. The number of piperidine rings is 1. The monoisotopic (exact) mass is 235 g/mol. The molecular weight excluding hydrogens is 214 g/mol. The van der Waals surface area contributed by atoms with E-state index in [1.54, 1.807) is 6.20 Å². The van der Waals surface area contributed by atoms with Crippen LogP contribution >= 0.6 is 0 Å². The van der Waals surface area contributed by atoms with Crippen molar-refractivity contribution in [2.24, 2.45) is 11.8 Å². The minimum absolute atomic E-state index is 0.621. The van der Waals surface area contributed by atoms with Gasteiger partial charge in [-0.15, -0.1) is 0 Å². The van der Waals surface area contributed by atoms with E-state index in [9.17, 15) is 0 Å². The molecule has 0 radical (unpaired) electrons. The van der Waals surface area contributed by atoms with E-state index in [0.29, 0.717) is 12.5 Å². The summed E-state index contributed by atoms with van der Waals surface area (Å²) in [5, 5.41) is 0. The topological polar surface area (TPSA) is 38.2 Å². The quantitative estimate of drug-likeness (QED) is 0.806. The molecule has 0 bridgehead atoms. The van der Waals surface area contributed by atoms with Crippen molar-refractivity contribution in [2.75, 3.05) is 24.6 Å². The van der Waals surface area contributed by atoms with E-state index < -0.39 is 0 Å². The predicted molar refractivity (Wildman–Crippen MR) is 68.4 cm³/mol. The van der Waals surface area contributed by atoms with Crippen molar-refractivity contribution >= 4 is 5.82 Å². The molecule has 17 heavy (non-hydrogen) atoms. The zero-order valence-corrected chi connectivity index (χ0v) is 10.9. The second kappa shape index (κ2) is 5.34. The summed E-state index contributed by atoms with van der Waals surface area (Å²) in [7, 11) is 0. The van der Waals surface area contributed by atoms with Gasteiger partial charge in [0.25, 0.3) is 0 Å². The van der Waals surface area contributed by atoms with E-state index in [0.717, 1.165) is 30.7 Å². The van der Waals surface area contributed by atoms with Crippen LogP contribution in [0.25, 0.3) is 0 Å². The van der Waals surface area contributed by atoms with Gasteiger partial charge >= 0.3 is 0 Å². The van der Waals surface area contributed by atoms with Crippen LogP contribution in [0, 0.1) is 11.8 Å². The Morgan fingerprint density at radius 2 is 2.00 bits per heavy atom. The zero-order valence-electron chi connectivity index (χ0n) is 10.9. The van der Waals surface area contributed by atoms with Crippen LogP contribution in [0.4, 0.5) is 5.82 Å². The van der Waals surface area contributed by atoms with Gasteiger partial charge in [0.15, 0.2) is 5.82 Å². The summed E-state index contributed by atoms with van der Waals surface area (Å²) in [6, 6.07) is 0. The van der Waals surface area contributed by atoms with Crippen LogP contribution in [0.5, 0.6) is 5.88 Å². The van der Waals surface area contributed by atoms with Crippen molar-refractivity contribution in [3.8, 4) is 5.88 Å². The van der Waals surface area contributed by atoms with E-state index in [-0.39, 0.29) is 0 Å². The Kier molecular flexibility index (Phi) is 3.82. The lowest BCUT2D eigenvalue weighted by Crippen LogP contribution is -2.39. The zero-order chi connectivity index (χ0) is 12.3. The van der Waals surface area contributed by atoms with Gasteiger partial charge in [0.1, 0.15) is 0 Å². The van der Waals surface area contributed by atoms with Crippen molar-refractivity contribution in [3.63, 3.8) is 0 Å². The minimum atomic E-state index is 0.621. The van der Waals surface area contributed by atoms with Crippen molar-refractivity contribution in [3.05, 3.63) is 12.4 Å². The lowest BCUT2D eigenvalue weighted by Gasteiger charge is -2.35. The number of rotatable bonds is 3. The molecule has 2 heterocycles. The highest BCUT2D eigenvalue weighted by Crippen LogP contribution is 2.25. The van der Waals surface area contributed by atoms with Crippen molar-refractivity contribution in [1.82, 2.24) is 9.97 Å². The van der Waals surface area contributed by atoms with Crippen LogP contribution in [-0.2, 0) is 0 Å². The first-order chi connectivity index (χ1) is 8.19. The Labute approximate surface area is 103 Å². The normalized spacial score (nSPS) is 24.8. The largest absolute Gasteiger partial charge is 0.477 e. The molecular formula is C13H21N3O. The molecule has 0 N–H and O–H groups in total. The third-order valence-corrected chi connectivity index (χ3v) is 3.08. The molecule has 1 saturated heterocycles. The molecule has 1 fully saturated rings. The fourth-order valence-corrected chi connectivity index (χ4v) is 2.56. The summed E-state index contributed by atoms with van der Waals surface area (Å²) in [5.41, 5.74) is 0. The maximum Gasteiger partial charge on any atom is 0.234 e. The van der Waals surface area contributed by atoms with Gasteiger partial charge in [0.2, 0.25) is 5.88 Å². The average Bonchev–Trinajstić information content (AvgIpc) is 2.28. The molecule has 0 aliphatic carbocycles. The number of aromatic nitrogens is 2. The highest BCUT2D eigenvalue weighted by atomic mass is 16.5. The summed E-state index contributed by atoms with van der Waals surface area (Å²) in [5.74, 6) is 3.00. The predicted octanol–water partition coefficient (Wildman–Crippen LogP) is 2.36. The standard InChI is InChI=1S/C13H21N3O/c1-4-17-13-7-14-6-12(15-13)16-8-10(2)5-11(3)9-16/h6-7,10-11H,4-5,8-9H2,1-3H3/t10-,11-/m0/s1. The first-order valence-corrected chi connectivity index (χ1v) is 6.38. The van der Waals surface area contributed by atoms with Gasteiger partial charge in [0.05, 0.1) is 19.0 Å². The van der Waals surface area contributed by atoms with Gasteiger partial charge in [-0.25, -0.2) is 0 Å². The molecule has 94 valence electrons. The summed E-state index contributed by atoms with van der Waals surface area (Å²) in [6.45, 7) is 9.30. The molecule has 0 unspecified atom stereocenters. The van der Waals surface area contributed by atoms with Crippen molar-refractivity contribution < 1.29 is 4.74 Å². The number of ether oxygens (including phenoxy) is 1. The Morgan fingerprint density at radius 3 is 2.65 bits per heavy atom. The van der Waals surface area contributed by atoms with E-state index in [1.807, 2.05) is 13.1 Å². The Bertz CT molecular complexity index is 359. The fourth-order valence-electron chi connectivity index (χ4n) is 2.56. The van der Waals surface area contributed by atoms with Crippen molar-refractivity contribution in [2.45, 2.75) is 27.2 Å². The maximum absolute atomic E-state index is 5.39. The van der Waals surface area contributed by atoms with Gasteiger partial charge < -0.3 is 9.64 Å². The lowest BCUT2D eigenvalue weighted by molar-refractivity contribution is 0.322. The van der Waals surface area contributed by atoms with E-state index in [4.69, 9.17) is 4.74 Å². The van der Waals surface area contributed by atoms with Gasteiger partial charge in [-0.3, -0.25) is 4.98 Å². The van der Waals surface area contributed by atoms with Gasteiger partial charge in [-0.2, -0.15) is 4.98 Å². The SMILES string of the molecule is CCOc1cncc(N2C[C@@H](C)C[C@H](C)C2)n1. The Balaban J connectivity index is 2.12. The smallest absolute Gasteiger partial charge is 0.234 e. The summed E-state index contributed by atoms with van der Waals surface area (Å²) < 4.78 is 5.39. The summed E-state index contributed by atoms with van der Waals surface area (Å²) in [4.78, 5) is 11.0. The summed E-state index contributed by atoms with van der Waals surface area (Å²) in [6.07, 6.45) is 4.80. The highest BCUT2D eigenvalue weighted by Gasteiger charge is 2.23. The van der Waals surface area contributed by atoms with Crippen LogP contribution in [0.2, 0.25) is 0 Å². The fraction of sp³-hybridized carbons (Fsp3) is 0.692. The molecule has 1 aromatic rings. The van der Waals surface area contributed by atoms with Crippen LogP contribution in [0.3, 0.4) is 0 Å². The van der Waals surface area contributed by atoms with Crippen LogP contribution in [-0.4, -0.2) is 29.7 Å². The molecule has 2 rings (SSSR count). The van der Waals surface area contributed by atoms with E-state index in [2.05, 4.69) is 28.7 Å². The van der Waals surface area contributed by atoms with Crippen molar-refractivity contribution in [1.29, 1.82) is 0 Å². The van der Waals surface area contributed by atoms with Gasteiger partial charge in [0, 0.05) is 13.1 Å². The third-order valence-electron chi connectivity index (χ3n) is 3.08. The van der Waals surface area contributed by atoms with Crippen LogP contribution < -0.4 is 9.64 Å². The van der Waals surface area contributed by atoms with Gasteiger partial charge in [-0.1, -0.05) is 13.8 Å². The molecule has 4 heteroatoms. The second-order valence-corrected chi connectivity index (χ2v) is 5.00. The molecule has 0 saturated carbocycles. The number of anilines is 1. The minimum Gasteiger partial charge on any atom is -0.477 e. The number of hydrogen-bond donors (Lipinski definition) is 0. The molecule has 1 aromatic heterocycles. The first-order valence-electron chi connectivity index (χ1n) is 6.38. The number of hydrogen-bond acceptors (Lipinski definition) is 4. The average molecular weight is 235 g/mol. The molecule has 0 amide bonds. The van der Waals surface area contributed by atoms with Crippen LogP contribution in [0.1, 0.15) is 27.2 Å². The first kappa shape index (κ1) is 12.1. The van der Waals surface area contributed by atoms with E-state index >= 15 is 0 Å². The number of nitrogens with zero attached hydrogens (tertiary/aromatic N) is 3. The molecule has 0 aromatic carbocycles.